The molecular weight excluding hydrogens is 412 g/mol. The van der Waals surface area contributed by atoms with E-state index in [1.807, 2.05) is 12.1 Å². The Morgan fingerprint density at radius 2 is 1.76 bits per heavy atom. The molecule has 166 valence electrons. The summed E-state index contributed by atoms with van der Waals surface area (Å²) in [6.07, 6.45) is 1.83. The van der Waals surface area contributed by atoms with E-state index >= 15 is 0 Å². The van der Waals surface area contributed by atoms with Crippen molar-refractivity contribution in [3.05, 3.63) is 82.2 Å². The molecule has 0 bridgehead atoms. The van der Waals surface area contributed by atoms with Crippen LogP contribution in [0.1, 0.15) is 31.4 Å². The molecule has 0 atom stereocenters. The van der Waals surface area contributed by atoms with Crippen molar-refractivity contribution in [2.24, 2.45) is 0 Å². The third kappa shape index (κ3) is 3.10. The molecule has 0 unspecified atom stereocenters. The summed E-state index contributed by atoms with van der Waals surface area (Å²) in [6.45, 7) is 6.31. The van der Waals surface area contributed by atoms with Crippen molar-refractivity contribution < 1.29 is 9.15 Å². The number of aromatic nitrogens is 1. The average Bonchev–Trinajstić information content (AvgIpc) is 3.16. The molecule has 0 amide bonds. The van der Waals surface area contributed by atoms with Gasteiger partial charge >= 0.3 is 5.63 Å². The zero-order valence-electron chi connectivity index (χ0n) is 18.9. The molecule has 0 saturated heterocycles. The largest absolute Gasteiger partial charge is 0.473 e. The van der Waals surface area contributed by atoms with Crippen LogP contribution in [-0.4, -0.2) is 11.3 Å². The summed E-state index contributed by atoms with van der Waals surface area (Å²) in [7, 11) is 0. The molecule has 3 heterocycles. The van der Waals surface area contributed by atoms with Gasteiger partial charge in [0.15, 0.2) is 6.73 Å². The highest BCUT2D eigenvalue weighted by Crippen LogP contribution is 2.37. The Bertz CT molecular complexity index is 1580. The van der Waals surface area contributed by atoms with Crippen molar-refractivity contribution in [1.29, 1.82) is 0 Å². The van der Waals surface area contributed by atoms with Gasteiger partial charge < -0.3 is 18.6 Å². The van der Waals surface area contributed by atoms with Crippen LogP contribution in [0.4, 0.5) is 5.69 Å². The third-order valence-corrected chi connectivity index (χ3v) is 6.74. The molecule has 0 fully saturated rings. The fourth-order valence-corrected chi connectivity index (χ4v) is 5.22. The maximum Gasteiger partial charge on any atom is 0.336 e. The van der Waals surface area contributed by atoms with E-state index in [1.54, 1.807) is 6.07 Å². The van der Waals surface area contributed by atoms with Crippen molar-refractivity contribution in [2.45, 2.75) is 39.8 Å². The number of benzene rings is 3. The van der Waals surface area contributed by atoms with Crippen molar-refractivity contribution in [2.75, 3.05) is 11.6 Å². The molecule has 5 nitrogen and oxygen atoms in total. The van der Waals surface area contributed by atoms with E-state index < -0.39 is 0 Å². The highest BCUT2D eigenvalue weighted by atomic mass is 16.5. The summed E-state index contributed by atoms with van der Waals surface area (Å²) in [4.78, 5) is 14.5. The SMILES string of the molecule is CCCc1cc(=O)oc2c3c(ccc12)OCN(c1ccc2c(c1)c1ccccc1n2CC)C3. The van der Waals surface area contributed by atoms with E-state index in [0.29, 0.717) is 18.9 Å². The van der Waals surface area contributed by atoms with E-state index in [4.69, 9.17) is 9.15 Å². The van der Waals surface area contributed by atoms with Gasteiger partial charge in [0.1, 0.15) is 11.3 Å². The molecule has 5 heteroatoms. The zero-order chi connectivity index (χ0) is 22.5. The second-order valence-corrected chi connectivity index (χ2v) is 8.69. The van der Waals surface area contributed by atoms with Gasteiger partial charge in [-0.2, -0.15) is 0 Å². The maximum atomic E-state index is 12.3. The number of rotatable bonds is 4. The molecule has 0 saturated carbocycles. The maximum absolute atomic E-state index is 12.3. The molecule has 0 aliphatic carbocycles. The lowest BCUT2D eigenvalue weighted by Gasteiger charge is -2.31. The molecule has 1 aliphatic rings. The standard InChI is InChI=1S/C28H26N2O3/c1-3-7-18-14-27(31)33-28-20(18)11-13-26-23(28)16-29(17-32-26)19-10-12-25-22(15-19)21-8-5-6-9-24(21)30(25)4-2/h5-6,8-15H,3-4,7,16-17H2,1-2H3. The Morgan fingerprint density at radius 3 is 2.61 bits per heavy atom. The number of hydrogen-bond acceptors (Lipinski definition) is 4. The van der Waals surface area contributed by atoms with Gasteiger partial charge in [-0.05, 0) is 55.3 Å². The first-order valence-corrected chi connectivity index (χ1v) is 11.6. The Kier molecular flexibility index (Phi) is 4.64. The first kappa shape index (κ1) is 19.9. The van der Waals surface area contributed by atoms with Crippen LogP contribution in [0.5, 0.6) is 5.75 Å². The molecule has 2 aromatic heterocycles. The van der Waals surface area contributed by atoms with Crippen molar-refractivity contribution >= 4 is 38.5 Å². The van der Waals surface area contributed by atoms with Gasteiger partial charge in [0.2, 0.25) is 0 Å². The zero-order valence-corrected chi connectivity index (χ0v) is 18.9. The Balaban J connectivity index is 1.47. The monoisotopic (exact) mass is 438 g/mol. The smallest absolute Gasteiger partial charge is 0.336 e. The molecule has 1 aliphatic heterocycles. The summed E-state index contributed by atoms with van der Waals surface area (Å²) >= 11 is 0. The number of nitrogens with zero attached hydrogens (tertiary/aromatic N) is 2. The predicted molar refractivity (Wildman–Crippen MR) is 133 cm³/mol. The van der Waals surface area contributed by atoms with Crippen LogP contribution in [0.15, 0.2) is 69.9 Å². The minimum absolute atomic E-state index is 0.301. The van der Waals surface area contributed by atoms with Gasteiger partial charge in [0.25, 0.3) is 0 Å². The average molecular weight is 439 g/mol. The van der Waals surface area contributed by atoms with Crippen LogP contribution >= 0.6 is 0 Å². The Labute approximate surface area is 191 Å². The molecule has 0 spiro atoms. The lowest BCUT2D eigenvalue weighted by atomic mass is 10.0. The van der Waals surface area contributed by atoms with Crippen molar-refractivity contribution in [3.63, 3.8) is 0 Å². The number of hydrogen-bond donors (Lipinski definition) is 0. The van der Waals surface area contributed by atoms with Crippen LogP contribution < -0.4 is 15.3 Å². The Morgan fingerprint density at radius 1 is 0.909 bits per heavy atom. The van der Waals surface area contributed by atoms with Crippen LogP contribution in [0, 0.1) is 0 Å². The van der Waals surface area contributed by atoms with E-state index in [1.165, 1.54) is 21.8 Å². The van der Waals surface area contributed by atoms with Crippen LogP contribution in [-0.2, 0) is 19.5 Å². The normalized spacial score (nSPS) is 13.6. The lowest BCUT2D eigenvalue weighted by Crippen LogP contribution is -2.32. The molecule has 3 aromatic carbocycles. The van der Waals surface area contributed by atoms with Gasteiger partial charge in [-0.15, -0.1) is 0 Å². The Hall–Kier alpha value is -3.73. The minimum atomic E-state index is -0.301. The third-order valence-electron chi connectivity index (χ3n) is 6.74. The van der Waals surface area contributed by atoms with Gasteiger partial charge in [-0.25, -0.2) is 4.79 Å². The number of fused-ring (bicyclic) bond motifs is 6. The van der Waals surface area contributed by atoms with Crippen LogP contribution in [0.3, 0.4) is 0 Å². The first-order valence-electron chi connectivity index (χ1n) is 11.6. The van der Waals surface area contributed by atoms with Crippen LogP contribution in [0.25, 0.3) is 32.8 Å². The first-order chi connectivity index (χ1) is 16.2. The van der Waals surface area contributed by atoms with Gasteiger partial charge in [0.05, 0.1) is 12.1 Å². The van der Waals surface area contributed by atoms with Crippen molar-refractivity contribution in [3.8, 4) is 5.75 Å². The molecular formula is C28H26N2O3. The van der Waals surface area contributed by atoms with E-state index in [2.05, 4.69) is 65.8 Å². The fraction of sp³-hybridized carbons (Fsp3) is 0.250. The van der Waals surface area contributed by atoms with Crippen molar-refractivity contribution in [1.82, 2.24) is 4.57 Å². The summed E-state index contributed by atoms with van der Waals surface area (Å²) in [5.74, 6) is 0.791. The summed E-state index contributed by atoms with van der Waals surface area (Å²) in [5.41, 5.74) is 5.91. The number of aryl methyl sites for hydroxylation is 2. The molecule has 0 radical (unpaired) electrons. The van der Waals surface area contributed by atoms with E-state index in [0.717, 1.165) is 47.3 Å². The number of para-hydroxylation sites is 1. The van der Waals surface area contributed by atoms with Gasteiger partial charge in [-0.3, -0.25) is 0 Å². The van der Waals surface area contributed by atoms with E-state index in [9.17, 15) is 4.79 Å². The highest BCUT2D eigenvalue weighted by Gasteiger charge is 2.23. The summed E-state index contributed by atoms with van der Waals surface area (Å²) in [6, 6.07) is 20.8. The number of anilines is 1. The minimum Gasteiger partial charge on any atom is -0.473 e. The topological polar surface area (TPSA) is 47.6 Å². The summed E-state index contributed by atoms with van der Waals surface area (Å²) < 4.78 is 14.2. The second-order valence-electron chi connectivity index (χ2n) is 8.69. The molecule has 0 N–H and O–H groups in total. The van der Waals surface area contributed by atoms with E-state index in [-0.39, 0.29) is 5.63 Å². The number of ether oxygens (including phenoxy) is 1. The fourth-order valence-electron chi connectivity index (χ4n) is 5.22. The van der Waals surface area contributed by atoms with Crippen LogP contribution in [0.2, 0.25) is 0 Å². The highest BCUT2D eigenvalue weighted by molar-refractivity contribution is 6.09. The molecule has 6 rings (SSSR count). The lowest BCUT2D eigenvalue weighted by molar-refractivity contribution is 0.289. The molecule has 5 aromatic rings. The second kappa shape index (κ2) is 7.69. The quantitative estimate of drug-likeness (QED) is 0.312. The predicted octanol–water partition coefficient (Wildman–Crippen LogP) is 6.23. The van der Waals surface area contributed by atoms with Gasteiger partial charge in [-0.1, -0.05) is 31.5 Å². The molecule has 33 heavy (non-hydrogen) atoms. The van der Waals surface area contributed by atoms with Gasteiger partial charge in [0, 0.05) is 45.5 Å². The summed E-state index contributed by atoms with van der Waals surface area (Å²) in [5, 5.41) is 3.50.